The van der Waals surface area contributed by atoms with Gasteiger partial charge < -0.3 is 5.11 Å². The van der Waals surface area contributed by atoms with Gasteiger partial charge in [0.15, 0.2) is 0 Å². The number of fused-ring (bicyclic) bond motifs is 1. The number of aliphatic hydroxyl groups excluding tert-OH is 1. The van der Waals surface area contributed by atoms with Crippen molar-refractivity contribution >= 4 is 54.6 Å². The van der Waals surface area contributed by atoms with Gasteiger partial charge in [0.05, 0.1) is 14.5 Å². The highest BCUT2D eigenvalue weighted by Crippen LogP contribution is 2.43. The molecule has 1 aliphatic heterocycles. The molecule has 0 bridgehead atoms. The van der Waals surface area contributed by atoms with Crippen LogP contribution in [0, 0.1) is 0 Å². The number of hydrogen-bond acceptors (Lipinski definition) is 4. The summed E-state index contributed by atoms with van der Waals surface area (Å²) in [5, 5.41) is 9.60. The van der Waals surface area contributed by atoms with Gasteiger partial charge in [0.2, 0.25) is 0 Å². The first kappa shape index (κ1) is 16.3. The first-order valence-corrected chi connectivity index (χ1v) is 10.0. The van der Waals surface area contributed by atoms with E-state index in [1.54, 1.807) is 6.07 Å². The summed E-state index contributed by atoms with van der Waals surface area (Å²) in [6, 6.07) is 8.89. The third-order valence-corrected chi connectivity index (χ3v) is 8.38. The quantitative estimate of drug-likeness (QED) is 0.814. The minimum Gasteiger partial charge on any atom is -0.396 e. The van der Waals surface area contributed by atoms with Gasteiger partial charge in [-0.15, -0.1) is 11.3 Å². The molecule has 1 atom stereocenters. The number of para-hydroxylation sites is 1. The maximum atomic E-state index is 12.9. The number of benzene rings is 1. The molecule has 118 valence electrons. The number of nitrogens with zero attached hydrogens (tertiary/aromatic N) is 1. The van der Waals surface area contributed by atoms with Crippen molar-refractivity contribution in [3.05, 3.63) is 44.7 Å². The molecule has 0 radical (unpaired) electrons. The number of sulfonamides is 1. The first-order valence-electron chi connectivity index (χ1n) is 6.62. The van der Waals surface area contributed by atoms with Crippen molar-refractivity contribution in [1.82, 2.24) is 0 Å². The predicted octanol–water partition coefficient (Wildman–Crippen LogP) is 3.84. The zero-order chi connectivity index (χ0) is 15.9. The molecule has 8 heteroatoms. The lowest BCUT2D eigenvalue weighted by Crippen LogP contribution is -2.29. The summed E-state index contributed by atoms with van der Waals surface area (Å²) in [7, 11) is -3.65. The van der Waals surface area contributed by atoms with Crippen LogP contribution in [-0.2, 0) is 10.0 Å². The number of anilines is 1. The van der Waals surface area contributed by atoms with Crippen molar-refractivity contribution in [1.29, 1.82) is 0 Å². The van der Waals surface area contributed by atoms with Crippen LogP contribution in [0.1, 0.15) is 17.9 Å². The van der Waals surface area contributed by atoms with Crippen LogP contribution in [0.3, 0.4) is 0 Å². The van der Waals surface area contributed by atoms with E-state index >= 15 is 0 Å². The number of hydrogen-bond donors (Lipinski definition) is 1. The maximum absolute atomic E-state index is 12.9. The Labute approximate surface area is 146 Å². The third-order valence-electron chi connectivity index (χ3n) is 3.68. The molecule has 0 saturated heterocycles. The lowest BCUT2D eigenvalue weighted by Gasteiger charge is -2.18. The number of aliphatic hydroxyl groups is 1. The van der Waals surface area contributed by atoms with Crippen molar-refractivity contribution in [2.24, 2.45) is 0 Å². The van der Waals surface area contributed by atoms with E-state index in [9.17, 15) is 13.5 Å². The van der Waals surface area contributed by atoms with Gasteiger partial charge in [0.1, 0.15) is 4.21 Å². The molecule has 3 rings (SSSR count). The van der Waals surface area contributed by atoms with Gasteiger partial charge in [0.25, 0.3) is 10.0 Å². The second-order valence-corrected chi connectivity index (χ2v) is 9.86. The molecule has 1 unspecified atom stereocenters. The van der Waals surface area contributed by atoms with Crippen molar-refractivity contribution in [3.8, 4) is 0 Å². The summed E-state index contributed by atoms with van der Waals surface area (Å²) in [5.74, 6) is 0.00912. The van der Waals surface area contributed by atoms with Crippen LogP contribution in [0.2, 0.25) is 5.02 Å². The van der Waals surface area contributed by atoms with E-state index in [1.165, 1.54) is 10.4 Å². The molecule has 2 heterocycles. The molecule has 0 aliphatic carbocycles. The lowest BCUT2D eigenvalue weighted by molar-refractivity contribution is 0.278. The second-order valence-electron chi connectivity index (χ2n) is 4.99. The molecule has 1 aromatic carbocycles. The van der Waals surface area contributed by atoms with Crippen LogP contribution in [-0.4, -0.2) is 26.7 Å². The standard InChI is InChI=1S/C14H13BrClNO3S2/c15-14-11(16)7-13(21-14)22(19,20)17-8-9(5-6-18)10-3-1-2-4-12(10)17/h1-4,7,9,18H,5-6,8H2. The molecule has 4 nitrogen and oxygen atoms in total. The Bertz CT molecular complexity index is 787. The van der Waals surface area contributed by atoms with Gasteiger partial charge in [-0.25, -0.2) is 8.42 Å². The molecule has 2 aromatic rings. The molecule has 0 amide bonds. The molecule has 1 aromatic heterocycles. The monoisotopic (exact) mass is 421 g/mol. The summed E-state index contributed by atoms with van der Waals surface area (Å²) in [6.07, 6.45) is 0.540. The fourth-order valence-corrected chi connectivity index (χ4v) is 6.70. The van der Waals surface area contributed by atoms with Gasteiger partial charge in [-0.3, -0.25) is 4.31 Å². The lowest BCUT2D eigenvalue weighted by atomic mass is 9.99. The zero-order valence-corrected chi connectivity index (χ0v) is 15.3. The number of rotatable bonds is 4. The van der Waals surface area contributed by atoms with Crippen LogP contribution in [0.15, 0.2) is 38.3 Å². The topological polar surface area (TPSA) is 57.6 Å². The van der Waals surface area contributed by atoms with Gasteiger partial charge in [-0.05, 0) is 40.0 Å². The van der Waals surface area contributed by atoms with Gasteiger partial charge in [-0.2, -0.15) is 0 Å². The zero-order valence-electron chi connectivity index (χ0n) is 11.4. The normalized spacial score (nSPS) is 17.8. The van der Waals surface area contributed by atoms with E-state index in [2.05, 4.69) is 15.9 Å². The molecule has 1 aliphatic rings. The second kappa shape index (κ2) is 6.13. The average Bonchev–Trinajstić information content (AvgIpc) is 3.02. The smallest absolute Gasteiger partial charge is 0.273 e. The Morgan fingerprint density at radius 3 is 2.77 bits per heavy atom. The van der Waals surface area contributed by atoms with Crippen LogP contribution < -0.4 is 4.31 Å². The van der Waals surface area contributed by atoms with Crippen LogP contribution in [0.5, 0.6) is 0 Å². The minimum atomic E-state index is -3.65. The molecular weight excluding hydrogens is 410 g/mol. The number of thiophene rings is 1. The van der Waals surface area contributed by atoms with Crippen LogP contribution in [0.4, 0.5) is 5.69 Å². The van der Waals surface area contributed by atoms with Crippen molar-refractivity contribution in [2.75, 3.05) is 17.5 Å². The van der Waals surface area contributed by atoms with Gasteiger partial charge in [0, 0.05) is 19.1 Å². The highest BCUT2D eigenvalue weighted by Gasteiger charge is 2.37. The van der Waals surface area contributed by atoms with Crippen molar-refractivity contribution in [3.63, 3.8) is 0 Å². The Morgan fingerprint density at radius 1 is 1.41 bits per heavy atom. The summed E-state index contributed by atoms with van der Waals surface area (Å²) in [5.41, 5.74) is 1.64. The summed E-state index contributed by atoms with van der Waals surface area (Å²) < 4.78 is 28.0. The van der Waals surface area contributed by atoms with E-state index in [0.29, 0.717) is 27.5 Å². The fraction of sp³-hybridized carbons (Fsp3) is 0.286. The maximum Gasteiger partial charge on any atom is 0.273 e. The summed E-state index contributed by atoms with van der Waals surface area (Å²) in [6.45, 7) is 0.374. The van der Waals surface area contributed by atoms with Gasteiger partial charge >= 0.3 is 0 Å². The average molecular weight is 423 g/mol. The SMILES string of the molecule is O=S(=O)(c1cc(Cl)c(Br)s1)N1CC(CCO)c2ccccc21. The molecular formula is C14H13BrClNO3S2. The van der Waals surface area contributed by atoms with E-state index in [-0.39, 0.29) is 16.7 Å². The summed E-state index contributed by atoms with van der Waals surface area (Å²) in [4.78, 5) is 0. The molecule has 0 fully saturated rings. The highest BCUT2D eigenvalue weighted by atomic mass is 79.9. The van der Waals surface area contributed by atoms with Crippen molar-refractivity contribution in [2.45, 2.75) is 16.5 Å². The molecule has 1 N–H and O–H groups in total. The number of halogens is 2. The molecule has 0 saturated carbocycles. The Morgan fingerprint density at radius 2 is 2.14 bits per heavy atom. The Balaban J connectivity index is 2.05. The molecule has 0 spiro atoms. The third kappa shape index (κ3) is 2.69. The Kier molecular flexibility index (Phi) is 4.53. The Hall–Kier alpha value is -0.600. The van der Waals surface area contributed by atoms with E-state index in [4.69, 9.17) is 11.6 Å². The summed E-state index contributed by atoms with van der Waals surface area (Å²) >= 11 is 10.3. The van der Waals surface area contributed by atoms with Gasteiger partial charge in [-0.1, -0.05) is 29.8 Å². The van der Waals surface area contributed by atoms with E-state index < -0.39 is 10.0 Å². The minimum absolute atomic E-state index is 0.00912. The van der Waals surface area contributed by atoms with E-state index in [0.717, 1.165) is 16.9 Å². The first-order chi connectivity index (χ1) is 10.4. The van der Waals surface area contributed by atoms with Crippen LogP contribution >= 0.6 is 38.9 Å². The predicted molar refractivity (Wildman–Crippen MR) is 92.4 cm³/mol. The van der Waals surface area contributed by atoms with Crippen molar-refractivity contribution < 1.29 is 13.5 Å². The highest BCUT2D eigenvalue weighted by molar-refractivity contribution is 9.11. The molecule has 22 heavy (non-hydrogen) atoms. The fourth-order valence-electron chi connectivity index (χ4n) is 2.65. The largest absolute Gasteiger partial charge is 0.396 e. The van der Waals surface area contributed by atoms with E-state index in [1.807, 2.05) is 18.2 Å². The van der Waals surface area contributed by atoms with Crippen LogP contribution in [0.25, 0.3) is 0 Å².